The van der Waals surface area contributed by atoms with Gasteiger partial charge in [-0.05, 0) is 43.4 Å². The number of aryl methyl sites for hydroxylation is 1. The van der Waals surface area contributed by atoms with E-state index in [9.17, 15) is 23.1 Å². The minimum atomic E-state index is -4.84. The van der Waals surface area contributed by atoms with Gasteiger partial charge in [-0.2, -0.15) is 18.3 Å². The van der Waals surface area contributed by atoms with E-state index in [4.69, 9.17) is 5.73 Å². The SMILES string of the molecule is Nc1c(C(=O)CCC(O)(CCCc2ccccc2)C(F)(F)F)cnn1-c1ccccc1. The molecule has 0 fully saturated rings. The molecule has 164 valence electrons. The van der Waals surface area contributed by atoms with Gasteiger partial charge < -0.3 is 10.8 Å². The second-order valence-electron chi connectivity index (χ2n) is 7.48. The molecule has 8 heteroatoms. The van der Waals surface area contributed by atoms with E-state index in [1.54, 1.807) is 24.3 Å². The number of carbonyl (C=O) groups is 1. The molecule has 1 heterocycles. The summed E-state index contributed by atoms with van der Waals surface area (Å²) in [6.07, 6.45) is -4.77. The Morgan fingerprint density at radius 2 is 1.61 bits per heavy atom. The predicted octanol–water partition coefficient (Wildman–Crippen LogP) is 4.73. The van der Waals surface area contributed by atoms with Gasteiger partial charge in [0.25, 0.3) is 0 Å². The second-order valence-corrected chi connectivity index (χ2v) is 7.48. The quantitative estimate of drug-likeness (QED) is 0.480. The average molecular weight is 431 g/mol. The number of benzene rings is 2. The normalized spacial score (nSPS) is 13.7. The highest BCUT2D eigenvalue weighted by Gasteiger charge is 2.52. The molecule has 0 aliphatic carbocycles. The third-order valence-corrected chi connectivity index (χ3v) is 5.30. The Morgan fingerprint density at radius 1 is 1.00 bits per heavy atom. The maximum absolute atomic E-state index is 13.6. The number of anilines is 1. The zero-order valence-electron chi connectivity index (χ0n) is 16.8. The van der Waals surface area contributed by atoms with Crippen molar-refractivity contribution in [3.8, 4) is 5.69 Å². The molecule has 1 atom stereocenters. The molecule has 3 aromatic rings. The van der Waals surface area contributed by atoms with Crippen LogP contribution >= 0.6 is 0 Å². The topological polar surface area (TPSA) is 81.1 Å². The number of Topliss-reactive ketones (excluding diaryl/α,β-unsaturated/α-hetero) is 1. The van der Waals surface area contributed by atoms with Crippen LogP contribution in [0.25, 0.3) is 5.69 Å². The summed E-state index contributed by atoms with van der Waals surface area (Å²) >= 11 is 0. The zero-order chi connectivity index (χ0) is 22.5. The molecule has 0 radical (unpaired) electrons. The molecular weight excluding hydrogens is 407 g/mol. The largest absolute Gasteiger partial charge is 0.417 e. The highest BCUT2D eigenvalue weighted by atomic mass is 19.4. The molecule has 0 aliphatic heterocycles. The van der Waals surface area contributed by atoms with E-state index < -0.39 is 36.8 Å². The summed E-state index contributed by atoms with van der Waals surface area (Å²) in [5, 5.41) is 14.4. The third-order valence-electron chi connectivity index (χ3n) is 5.30. The lowest BCUT2D eigenvalue weighted by atomic mass is 9.88. The molecule has 3 rings (SSSR count). The Morgan fingerprint density at radius 3 is 2.23 bits per heavy atom. The first-order valence-electron chi connectivity index (χ1n) is 9.96. The molecule has 1 unspecified atom stereocenters. The third kappa shape index (κ3) is 5.32. The van der Waals surface area contributed by atoms with Gasteiger partial charge in [-0.15, -0.1) is 0 Å². The van der Waals surface area contributed by atoms with Crippen LogP contribution in [0.15, 0.2) is 66.9 Å². The summed E-state index contributed by atoms with van der Waals surface area (Å²) in [5.41, 5.74) is 4.62. The van der Waals surface area contributed by atoms with E-state index in [1.807, 2.05) is 36.4 Å². The fourth-order valence-electron chi connectivity index (χ4n) is 3.44. The smallest absolute Gasteiger partial charge is 0.383 e. The van der Waals surface area contributed by atoms with Gasteiger partial charge in [0.05, 0.1) is 17.4 Å². The van der Waals surface area contributed by atoms with Crippen molar-refractivity contribution in [2.75, 3.05) is 5.73 Å². The van der Waals surface area contributed by atoms with E-state index in [2.05, 4.69) is 5.10 Å². The molecule has 31 heavy (non-hydrogen) atoms. The fourth-order valence-corrected chi connectivity index (χ4v) is 3.44. The number of carbonyl (C=O) groups excluding carboxylic acids is 1. The number of alkyl halides is 3. The van der Waals surface area contributed by atoms with Crippen molar-refractivity contribution in [2.24, 2.45) is 0 Å². The van der Waals surface area contributed by atoms with Gasteiger partial charge in [-0.1, -0.05) is 48.5 Å². The summed E-state index contributed by atoms with van der Waals surface area (Å²) in [6, 6.07) is 17.9. The number of hydrogen-bond acceptors (Lipinski definition) is 4. The molecule has 3 N–H and O–H groups in total. The summed E-state index contributed by atoms with van der Waals surface area (Å²) in [5.74, 6) is -0.541. The summed E-state index contributed by atoms with van der Waals surface area (Å²) < 4.78 is 42.1. The molecular formula is C23H24F3N3O2. The summed E-state index contributed by atoms with van der Waals surface area (Å²) in [4.78, 5) is 12.6. The lowest BCUT2D eigenvalue weighted by molar-refractivity contribution is -0.264. The molecule has 0 amide bonds. The van der Waals surface area contributed by atoms with Gasteiger partial charge in [0.15, 0.2) is 11.4 Å². The highest BCUT2D eigenvalue weighted by molar-refractivity contribution is 6.00. The van der Waals surface area contributed by atoms with Crippen molar-refractivity contribution in [3.63, 3.8) is 0 Å². The van der Waals surface area contributed by atoms with E-state index in [1.165, 1.54) is 10.9 Å². The van der Waals surface area contributed by atoms with Crippen LogP contribution in [0.4, 0.5) is 19.0 Å². The monoisotopic (exact) mass is 431 g/mol. The lowest BCUT2D eigenvalue weighted by Gasteiger charge is -2.30. The average Bonchev–Trinajstić information content (AvgIpc) is 3.14. The van der Waals surface area contributed by atoms with Crippen LogP contribution in [0.5, 0.6) is 0 Å². The molecule has 0 saturated heterocycles. The van der Waals surface area contributed by atoms with Crippen molar-refractivity contribution in [1.29, 1.82) is 0 Å². The van der Waals surface area contributed by atoms with Gasteiger partial charge >= 0.3 is 6.18 Å². The Balaban J connectivity index is 1.66. The number of hydrogen-bond donors (Lipinski definition) is 2. The van der Waals surface area contributed by atoms with E-state index in [0.717, 1.165) is 5.56 Å². The van der Waals surface area contributed by atoms with Crippen molar-refractivity contribution < 1.29 is 23.1 Å². The molecule has 0 spiro atoms. The van der Waals surface area contributed by atoms with E-state index >= 15 is 0 Å². The first-order chi connectivity index (χ1) is 14.7. The Hall–Kier alpha value is -3.13. The number of rotatable bonds is 9. The van der Waals surface area contributed by atoms with Crippen molar-refractivity contribution >= 4 is 11.6 Å². The van der Waals surface area contributed by atoms with Gasteiger partial charge in [0, 0.05) is 6.42 Å². The lowest BCUT2D eigenvalue weighted by Crippen LogP contribution is -2.45. The Labute approximate surface area is 178 Å². The van der Waals surface area contributed by atoms with Crippen molar-refractivity contribution in [1.82, 2.24) is 9.78 Å². The zero-order valence-corrected chi connectivity index (χ0v) is 16.8. The molecule has 2 aromatic carbocycles. The fraction of sp³-hybridized carbons (Fsp3) is 0.304. The highest BCUT2D eigenvalue weighted by Crippen LogP contribution is 2.38. The first-order valence-corrected chi connectivity index (χ1v) is 9.96. The second kappa shape index (κ2) is 9.34. The maximum atomic E-state index is 13.6. The number of nitrogens with two attached hydrogens (primary N) is 1. The minimum absolute atomic E-state index is 0.0395. The van der Waals surface area contributed by atoms with Gasteiger partial charge in [-0.25, -0.2) is 4.68 Å². The summed E-state index contributed by atoms with van der Waals surface area (Å²) in [6.45, 7) is 0. The standard InChI is InChI=1S/C23H24F3N3O2/c24-23(25,26)22(31,14-7-10-17-8-3-1-4-9-17)15-13-20(30)19-16-28-29(21(19)27)18-11-5-2-6-12-18/h1-6,8-9,11-12,16,31H,7,10,13-15,27H2. The number of nitrogen functional groups attached to an aromatic ring is 1. The predicted molar refractivity (Wildman–Crippen MR) is 112 cm³/mol. The van der Waals surface area contributed by atoms with Gasteiger partial charge in [0.2, 0.25) is 0 Å². The number of para-hydroxylation sites is 1. The maximum Gasteiger partial charge on any atom is 0.417 e. The van der Waals surface area contributed by atoms with Crippen molar-refractivity contribution in [2.45, 2.75) is 43.9 Å². The van der Waals surface area contributed by atoms with E-state index in [-0.39, 0.29) is 17.8 Å². The van der Waals surface area contributed by atoms with Crippen LogP contribution in [0.3, 0.4) is 0 Å². The van der Waals surface area contributed by atoms with Crippen LogP contribution in [0.1, 0.15) is 41.6 Å². The van der Waals surface area contributed by atoms with Crippen LogP contribution in [-0.4, -0.2) is 32.4 Å². The molecule has 0 aliphatic rings. The van der Waals surface area contributed by atoms with Crippen LogP contribution in [0.2, 0.25) is 0 Å². The number of ketones is 1. The summed E-state index contributed by atoms with van der Waals surface area (Å²) in [7, 11) is 0. The molecule has 1 aromatic heterocycles. The number of aliphatic hydroxyl groups is 1. The van der Waals surface area contributed by atoms with Crippen molar-refractivity contribution in [3.05, 3.63) is 78.0 Å². The Bertz CT molecular complexity index is 1000. The molecule has 5 nitrogen and oxygen atoms in total. The van der Waals surface area contributed by atoms with E-state index in [0.29, 0.717) is 12.1 Å². The van der Waals surface area contributed by atoms with Gasteiger partial charge in [0.1, 0.15) is 5.82 Å². The number of nitrogens with zero attached hydrogens (tertiary/aromatic N) is 2. The van der Waals surface area contributed by atoms with Gasteiger partial charge in [-0.3, -0.25) is 4.79 Å². The number of halogens is 3. The van der Waals surface area contributed by atoms with Crippen LogP contribution < -0.4 is 5.73 Å². The first kappa shape index (κ1) is 22.6. The Kier molecular flexibility index (Phi) is 6.80. The number of aromatic nitrogens is 2. The van der Waals surface area contributed by atoms with Crippen LogP contribution in [-0.2, 0) is 6.42 Å². The van der Waals surface area contributed by atoms with Crippen LogP contribution in [0, 0.1) is 0 Å². The molecule has 0 saturated carbocycles. The molecule has 0 bridgehead atoms. The minimum Gasteiger partial charge on any atom is -0.383 e.